The molecule has 24 heavy (non-hydrogen) atoms. The molecular weight excluding hydrogens is 338 g/mol. The van der Waals surface area contributed by atoms with Crippen LogP contribution in [0.3, 0.4) is 0 Å². The highest BCUT2D eigenvalue weighted by Gasteiger charge is 2.17. The molecule has 0 aliphatic heterocycles. The number of benzene rings is 2. The monoisotopic (exact) mass is 355 g/mol. The lowest BCUT2D eigenvalue weighted by molar-refractivity contribution is 0.103. The van der Waals surface area contributed by atoms with Gasteiger partial charge in [-0.15, -0.1) is 0 Å². The molecule has 3 rings (SSSR count). The van der Waals surface area contributed by atoms with Gasteiger partial charge in [-0.05, 0) is 36.8 Å². The first-order chi connectivity index (χ1) is 11.5. The van der Waals surface area contributed by atoms with Gasteiger partial charge in [0.1, 0.15) is 10.7 Å². The molecule has 0 saturated heterocycles. The van der Waals surface area contributed by atoms with E-state index in [0.29, 0.717) is 21.2 Å². The molecule has 1 aromatic heterocycles. The Bertz CT molecular complexity index is 912. The summed E-state index contributed by atoms with van der Waals surface area (Å²) < 4.78 is 2.38. The first kappa shape index (κ1) is 16.4. The van der Waals surface area contributed by atoms with Crippen LogP contribution >= 0.6 is 23.6 Å². The van der Waals surface area contributed by atoms with E-state index in [-0.39, 0.29) is 5.91 Å². The van der Waals surface area contributed by atoms with Gasteiger partial charge in [0.2, 0.25) is 0 Å². The van der Waals surface area contributed by atoms with Crippen LogP contribution in [0.1, 0.15) is 20.8 Å². The molecule has 3 N–H and O–H groups in total. The fourth-order valence-corrected chi connectivity index (χ4v) is 3.54. The van der Waals surface area contributed by atoms with E-state index < -0.39 is 0 Å². The second-order valence-corrected chi connectivity index (χ2v) is 7.12. The van der Waals surface area contributed by atoms with Crippen molar-refractivity contribution in [3.8, 4) is 0 Å². The summed E-state index contributed by atoms with van der Waals surface area (Å²) in [5.74, 6) is 0.165. The zero-order valence-electron chi connectivity index (χ0n) is 13.2. The van der Waals surface area contributed by atoms with Crippen molar-refractivity contribution in [1.82, 2.24) is 4.57 Å². The lowest BCUT2D eigenvalue weighted by Crippen LogP contribution is -2.14. The van der Waals surface area contributed by atoms with Gasteiger partial charge in [0.15, 0.2) is 3.95 Å². The van der Waals surface area contributed by atoms with E-state index >= 15 is 0 Å². The summed E-state index contributed by atoms with van der Waals surface area (Å²) in [5, 5.41) is 2.86. The van der Waals surface area contributed by atoms with E-state index in [0.717, 1.165) is 16.8 Å². The van der Waals surface area contributed by atoms with Gasteiger partial charge in [0, 0.05) is 5.69 Å². The smallest absolute Gasteiger partial charge is 0.269 e. The van der Waals surface area contributed by atoms with Crippen molar-refractivity contribution in [1.29, 1.82) is 0 Å². The quantitative estimate of drug-likeness (QED) is 0.679. The van der Waals surface area contributed by atoms with Crippen LogP contribution in [-0.2, 0) is 6.54 Å². The van der Waals surface area contributed by atoms with Crippen molar-refractivity contribution in [3.63, 3.8) is 0 Å². The fourth-order valence-electron chi connectivity index (χ4n) is 2.32. The average Bonchev–Trinajstić information content (AvgIpc) is 2.86. The number of rotatable bonds is 4. The van der Waals surface area contributed by atoms with Crippen LogP contribution in [0.5, 0.6) is 0 Å². The highest BCUT2D eigenvalue weighted by molar-refractivity contribution is 7.73. The largest absolute Gasteiger partial charge is 0.384 e. The number of thiazole rings is 1. The SMILES string of the molecule is Cc1ccc(NC(=O)c2sc(=S)n(Cc3ccccc3)c2N)cc1. The van der Waals surface area contributed by atoms with Gasteiger partial charge in [-0.1, -0.05) is 59.4 Å². The Balaban J connectivity index is 1.84. The van der Waals surface area contributed by atoms with Crippen LogP contribution in [0.25, 0.3) is 0 Å². The summed E-state index contributed by atoms with van der Waals surface area (Å²) in [6.07, 6.45) is 0. The van der Waals surface area contributed by atoms with Crippen LogP contribution in [-0.4, -0.2) is 10.5 Å². The number of anilines is 2. The van der Waals surface area contributed by atoms with Gasteiger partial charge < -0.3 is 15.6 Å². The third-order valence-electron chi connectivity index (χ3n) is 3.63. The second-order valence-electron chi connectivity index (χ2n) is 5.47. The standard InChI is InChI=1S/C18H17N3OS2/c1-12-7-9-14(10-8-12)20-17(22)15-16(19)21(18(23)24-15)11-13-5-3-2-4-6-13/h2-10H,11,19H2,1H3,(H,20,22). The fraction of sp³-hybridized carbons (Fsp3) is 0.111. The average molecular weight is 355 g/mol. The topological polar surface area (TPSA) is 60.0 Å². The van der Waals surface area contributed by atoms with Gasteiger partial charge in [-0.3, -0.25) is 4.79 Å². The molecule has 0 bridgehead atoms. The van der Waals surface area contributed by atoms with Gasteiger partial charge in [0.05, 0.1) is 6.54 Å². The van der Waals surface area contributed by atoms with E-state index in [1.54, 1.807) is 4.57 Å². The number of aryl methyl sites for hydroxylation is 1. The van der Waals surface area contributed by atoms with Crippen molar-refractivity contribution in [2.24, 2.45) is 0 Å². The minimum Gasteiger partial charge on any atom is -0.384 e. The number of nitrogens with two attached hydrogens (primary N) is 1. The lowest BCUT2D eigenvalue weighted by atomic mass is 10.2. The predicted molar refractivity (Wildman–Crippen MR) is 102 cm³/mol. The first-order valence-electron chi connectivity index (χ1n) is 7.45. The third kappa shape index (κ3) is 3.55. The van der Waals surface area contributed by atoms with Crippen LogP contribution in [0.4, 0.5) is 11.5 Å². The molecule has 4 nitrogen and oxygen atoms in total. The van der Waals surface area contributed by atoms with Crippen LogP contribution < -0.4 is 11.1 Å². The third-order valence-corrected chi connectivity index (χ3v) is 5.10. The summed E-state index contributed by atoms with van der Waals surface area (Å²) in [6.45, 7) is 2.55. The van der Waals surface area contributed by atoms with Crippen molar-refractivity contribution < 1.29 is 4.79 Å². The molecule has 1 heterocycles. The molecule has 0 aliphatic carbocycles. The normalized spacial score (nSPS) is 10.5. The molecule has 0 atom stereocenters. The molecule has 0 unspecified atom stereocenters. The Labute approximate surface area is 149 Å². The van der Waals surface area contributed by atoms with Crippen LogP contribution in [0.2, 0.25) is 0 Å². The maximum Gasteiger partial charge on any atom is 0.269 e. The summed E-state index contributed by atoms with van der Waals surface area (Å²) in [4.78, 5) is 12.9. The van der Waals surface area contributed by atoms with E-state index in [2.05, 4.69) is 5.32 Å². The molecular formula is C18H17N3OS2. The van der Waals surface area contributed by atoms with Gasteiger partial charge in [0.25, 0.3) is 5.91 Å². The van der Waals surface area contributed by atoms with Crippen molar-refractivity contribution in [2.75, 3.05) is 11.1 Å². The molecule has 0 aliphatic rings. The molecule has 122 valence electrons. The number of nitrogens with one attached hydrogen (secondary N) is 1. The molecule has 2 aromatic carbocycles. The van der Waals surface area contributed by atoms with E-state index in [9.17, 15) is 4.79 Å². The Morgan fingerprint density at radius 2 is 1.83 bits per heavy atom. The highest BCUT2D eigenvalue weighted by atomic mass is 32.1. The van der Waals surface area contributed by atoms with E-state index in [1.807, 2.05) is 61.5 Å². The maximum atomic E-state index is 12.5. The number of hydrogen-bond acceptors (Lipinski definition) is 4. The number of carbonyl (C=O) groups excluding carboxylic acids is 1. The van der Waals surface area contributed by atoms with Gasteiger partial charge in [-0.25, -0.2) is 0 Å². The molecule has 0 fully saturated rings. The van der Waals surface area contributed by atoms with E-state index in [1.165, 1.54) is 11.3 Å². The summed E-state index contributed by atoms with van der Waals surface area (Å²) in [7, 11) is 0. The first-order valence-corrected chi connectivity index (χ1v) is 8.68. The second kappa shape index (κ2) is 6.98. The van der Waals surface area contributed by atoms with Crippen LogP contribution in [0, 0.1) is 10.9 Å². The summed E-state index contributed by atoms with van der Waals surface area (Å²) in [5.41, 5.74) is 9.13. The highest BCUT2D eigenvalue weighted by Crippen LogP contribution is 2.24. The van der Waals surface area contributed by atoms with Crippen molar-refractivity contribution in [3.05, 3.63) is 74.6 Å². The molecule has 1 amide bonds. The van der Waals surface area contributed by atoms with Crippen molar-refractivity contribution >= 4 is 41.0 Å². The Morgan fingerprint density at radius 1 is 1.17 bits per heavy atom. The van der Waals surface area contributed by atoms with Gasteiger partial charge in [-0.2, -0.15) is 0 Å². The van der Waals surface area contributed by atoms with E-state index in [4.69, 9.17) is 18.0 Å². The Hall–Kier alpha value is -2.44. The van der Waals surface area contributed by atoms with Gasteiger partial charge >= 0.3 is 0 Å². The number of aromatic nitrogens is 1. The Morgan fingerprint density at radius 3 is 2.50 bits per heavy atom. The zero-order chi connectivity index (χ0) is 17.1. The molecule has 0 saturated carbocycles. The molecule has 0 radical (unpaired) electrons. The maximum absolute atomic E-state index is 12.5. The molecule has 3 aromatic rings. The van der Waals surface area contributed by atoms with Crippen LogP contribution in [0.15, 0.2) is 54.6 Å². The number of amides is 1. The summed E-state index contributed by atoms with van der Waals surface area (Å²) >= 11 is 6.61. The zero-order valence-corrected chi connectivity index (χ0v) is 14.8. The number of carbonyl (C=O) groups is 1. The summed E-state index contributed by atoms with van der Waals surface area (Å²) in [6, 6.07) is 17.5. The number of nitrogen functional groups attached to an aromatic ring is 1. The lowest BCUT2D eigenvalue weighted by Gasteiger charge is -2.07. The number of nitrogens with zero attached hydrogens (tertiary/aromatic N) is 1. The number of hydrogen-bond donors (Lipinski definition) is 2. The Kier molecular flexibility index (Phi) is 4.78. The minimum absolute atomic E-state index is 0.237. The predicted octanol–water partition coefficient (Wildman–Crippen LogP) is 4.47. The molecule has 0 spiro atoms. The minimum atomic E-state index is -0.237. The van der Waals surface area contributed by atoms with Crippen molar-refractivity contribution in [2.45, 2.75) is 13.5 Å². The molecule has 6 heteroatoms.